The highest BCUT2D eigenvalue weighted by molar-refractivity contribution is 6.13. The van der Waals surface area contributed by atoms with E-state index < -0.39 is 10.8 Å². The van der Waals surface area contributed by atoms with Gasteiger partial charge in [-0.05, 0) is 96.4 Å². The summed E-state index contributed by atoms with van der Waals surface area (Å²) in [5.41, 5.74) is 18.9. The van der Waals surface area contributed by atoms with Crippen LogP contribution in [0.25, 0.3) is 60.5 Å². The lowest BCUT2D eigenvalue weighted by Crippen LogP contribution is -2.43. The van der Waals surface area contributed by atoms with Crippen LogP contribution < -0.4 is 0 Å². The highest BCUT2D eigenvalue weighted by Crippen LogP contribution is 2.67. The van der Waals surface area contributed by atoms with E-state index in [-0.39, 0.29) is 0 Å². The minimum atomic E-state index is -0.520. The molecule has 0 bridgehead atoms. The van der Waals surface area contributed by atoms with Crippen molar-refractivity contribution in [2.75, 3.05) is 0 Å². The molecule has 254 valence electrons. The standard InChI is InChI=1S/C54H33N/c1-2-18-35-34(16-1)17-15-31-50(35)55-51-30-14-6-22-39(51)41-32-49-40(33-52(41)55)38-21-5-9-25-44(38)54(49)47-28-12-10-26-45(47)53(46-27-11-13-29-48(46)54)42-23-7-3-19-36(42)37-20-4-8-24-43(37)53/h1-33H. The molecule has 1 heterocycles. The van der Waals surface area contributed by atoms with Gasteiger partial charge in [0.2, 0.25) is 0 Å². The van der Waals surface area contributed by atoms with Crippen LogP contribution in [0, 0.1) is 0 Å². The molecule has 0 N–H and O–H groups in total. The Morgan fingerprint density at radius 2 is 0.709 bits per heavy atom. The van der Waals surface area contributed by atoms with Gasteiger partial charge in [0.15, 0.2) is 0 Å². The van der Waals surface area contributed by atoms with Gasteiger partial charge in [-0.1, -0.05) is 176 Å². The lowest BCUT2D eigenvalue weighted by molar-refractivity contribution is 0.633. The Hall–Kier alpha value is -6.96. The van der Waals surface area contributed by atoms with Crippen LogP contribution in [0.5, 0.6) is 0 Å². The van der Waals surface area contributed by atoms with Crippen LogP contribution in [0.1, 0.15) is 44.5 Å². The summed E-state index contributed by atoms with van der Waals surface area (Å²) < 4.78 is 2.50. The summed E-state index contributed by atoms with van der Waals surface area (Å²) in [6, 6.07) is 75.7. The maximum absolute atomic E-state index is 2.57. The molecule has 1 nitrogen and oxygen atoms in total. The van der Waals surface area contributed by atoms with Gasteiger partial charge in [0, 0.05) is 16.2 Å². The van der Waals surface area contributed by atoms with Crippen LogP contribution in [-0.4, -0.2) is 4.57 Å². The van der Waals surface area contributed by atoms with Crippen LogP contribution in [0.4, 0.5) is 0 Å². The third-order valence-corrected chi connectivity index (χ3v) is 13.3. The Bertz CT molecular complexity index is 3180. The third kappa shape index (κ3) is 3.38. The molecule has 1 heteroatoms. The van der Waals surface area contributed by atoms with E-state index in [1.54, 1.807) is 0 Å². The van der Waals surface area contributed by atoms with Gasteiger partial charge in [0.25, 0.3) is 0 Å². The second-order valence-corrected chi connectivity index (χ2v) is 15.5. The fourth-order valence-corrected chi connectivity index (χ4v) is 11.4. The van der Waals surface area contributed by atoms with Crippen molar-refractivity contribution < 1.29 is 0 Å². The molecule has 3 aliphatic rings. The predicted molar refractivity (Wildman–Crippen MR) is 226 cm³/mol. The molecule has 9 aromatic carbocycles. The van der Waals surface area contributed by atoms with Crippen LogP contribution >= 0.6 is 0 Å². The summed E-state index contributed by atoms with van der Waals surface area (Å²) >= 11 is 0. The summed E-state index contributed by atoms with van der Waals surface area (Å²) in [6.45, 7) is 0. The van der Waals surface area contributed by atoms with Gasteiger partial charge in [0.1, 0.15) is 0 Å². The normalized spacial score (nSPS) is 14.8. The zero-order valence-corrected chi connectivity index (χ0v) is 30.0. The molecule has 0 radical (unpaired) electrons. The highest BCUT2D eigenvalue weighted by Gasteiger charge is 2.58. The summed E-state index contributed by atoms with van der Waals surface area (Å²) in [5, 5.41) is 5.05. The first-order chi connectivity index (χ1) is 27.3. The fourth-order valence-electron chi connectivity index (χ4n) is 11.4. The Morgan fingerprint density at radius 3 is 1.31 bits per heavy atom. The fraction of sp³-hybridized carbons (Fsp3) is 0.0370. The Morgan fingerprint density at radius 1 is 0.273 bits per heavy atom. The maximum atomic E-state index is 2.57. The van der Waals surface area contributed by atoms with Crippen molar-refractivity contribution in [3.05, 3.63) is 245 Å². The largest absolute Gasteiger partial charge is 0.309 e. The molecule has 1 aromatic heterocycles. The van der Waals surface area contributed by atoms with Crippen molar-refractivity contribution in [1.82, 2.24) is 4.57 Å². The molecule has 0 atom stereocenters. The van der Waals surface area contributed by atoms with E-state index in [0.717, 1.165) is 0 Å². The van der Waals surface area contributed by atoms with Crippen molar-refractivity contribution in [2.45, 2.75) is 10.8 Å². The topological polar surface area (TPSA) is 4.93 Å². The second kappa shape index (κ2) is 10.4. The first kappa shape index (κ1) is 29.5. The number of hydrogen-bond acceptors (Lipinski definition) is 0. The molecule has 0 saturated carbocycles. The SMILES string of the molecule is c1ccc2c(c1)-c1ccccc1C21c2ccccc2C2(c3ccccc3-c3cc4c(cc32)c2ccccc2n4-c2cccc3ccccc23)c2ccccc21. The second-order valence-electron chi connectivity index (χ2n) is 15.5. The van der Waals surface area contributed by atoms with Gasteiger partial charge in [-0.2, -0.15) is 0 Å². The Labute approximate surface area is 319 Å². The molecular weight excluding hydrogens is 663 g/mol. The molecule has 0 amide bonds. The molecule has 55 heavy (non-hydrogen) atoms. The lowest BCUT2D eigenvalue weighted by Gasteiger charge is -2.48. The van der Waals surface area contributed by atoms with Gasteiger partial charge < -0.3 is 4.57 Å². The van der Waals surface area contributed by atoms with Crippen molar-refractivity contribution in [1.29, 1.82) is 0 Å². The number of hydrogen-bond donors (Lipinski definition) is 0. The number of aromatic nitrogens is 1. The Balaban J connectivity index is 1.20. The van der Waals surface area contributed by atoms with Gasteiger partial charge in [0.05, 0.1) is 27.6 Å². The van der Waals surface area contributed by atoms with Crippen LogP contribution in [0.2, 0.25) is 0 Å². The van der Waals surface area contributed by atoms with Gasteiger partial charge in [-0.25, -0.2) is 0 Å². The number of rotatable bonds is 1. The van der Waals surface area contributed by atoms with E-state index >= 15 is 0 Å². The van der Waals surface area contributed by atoms with E-state index in [4.69, 9.17) is 0 Å². The zero-order valence-electron chi connectivity index (χ0n) is 30.0. The van der Waals surface area contributed by atoms with Crippen LogP contribution in [-0.2, 0) is 10.8 Å². The first-order valence-corrected chi connectivity index (χ1v) is 19.4. The lowest BCUT2D eigenvalue weighted by atomic mass is 9.52. The number of benzene rings is 9. The molecule has 0 saturated heterocycles. The van der Waals surface area contributed by atoms with Crippen molar-refractivity contribution in [2.24, 2.45) is 0 Å². The van der Waals surface area contributed by atoms with Gasteiger partial charge >= 0.3 is 0 Å². The van der Waals surface area contributed by atoms with E-state index in [1.165, 1.54) is 105 Å². The number of para-hydroxylation sites is 1. The summed E-state index contributed by atoms with van der Waals surface area (Å²) in [7, 11) is 0. The first-order valence-electron chi connectivity index (χ1n) is 19.4. The summed E-state index contributed by atoms with van der Waals surface area (Å²) in [4.78, 5) is 0. The molecule has 0 unspecified atom stereocenters. The average molecular weight is 696 g/mol. The molecule has 10 aromatic rings. The van der Waals surface area contributed by atoms with Gasteiger partial charge in [-0.3, -0.25) is 0 Å². The smallest absolute Gasteiger partial charge is 0.0720 e. The number of fused-ring (bicyclic) bond motifs is 20. The van der Waals surface area contributed by atoms with E-state index in [1.807, 2.05) is 0 Å². The quantitative estimate of drug-likeness (QED) is 0.161. The molecule has 13 rings (SSSR count). The summed E-state index contributed by atoms with van der Waals surface area (Å²) in [5.74, 6) is 0. The van der Waals surface area contributed by atoms with Crippen LogP contribution in [0.3, 0.4) is 0 Å². The van der Waals surface area contributed by atoms with Crippen molar-refractivity contribution >= 4 is 32.6 Å². The zero-order chi connectivity index (χ0) is 35.9. The van der Waals surface area contributed by atoms with Gasteiger partial charge in [-0.15, -0.1) is 0 Å². The van der Waals surface area contributed by atoms with Crippen molar-refractivity contribution in [3.8, 4) is 27.9 Å². The predicted octanol–water partition coefficient (Wildman–Crippen LogP) is 13.0. The minimum absolute atomic E-state index is 0.447. The van der Waals surface area contributed by atoms with Crippen molar-refractivity contribution in [3.63, 3.8) is 0 Å². The van der Waals surface area contributed by atoms with E-state index in [9.17, 15) is 0 Å². The average Bonchev–Trinajstić information content (AvgIpc) is 3.85. The molecule has 0 fully saturated rings. The summed E-state index contributed by atoms with van der Waals surface area (Å²) in [6.07, 6.45) is 0. The molecule has 2 spiro atoms. The molecule has 0 aliphatic heterocycles. The third-order valence-electron chi connectivity index (χ3n) is 13.3. The molecule has 3 aliphatic carbocycles. The maximum Gasteiger partial charge on any atom is 0.0720 e. The van der Waals surface area contributed by atoms with Crippen LogP contribution in [0.15, 0.2) is 200 Å². The molecular formula is C54H33N. The monoisotopic (exact) mass is 695 g/mol. The van der Waals surface area contributed by atoms with E-state index in [2.05, 4.69) is 205 Å². The number of nitrogens with zero attached hydrogens (tertiary/aromatic N) is 1. The minimum Gasteiger partial charge on any atom is -0.309 e. The highest BCUT2D eigenvalue weighted by atomic mass is 15.0. The van der Waals surface area contributed by atoms with E-state index in [0.29, 0.717) is 0 Å². The Kier molecular flexibility index (Phi) is 5.56.